The van der Waals surface area contributed by atoms with Crippen LogP contribution in [0.5, 0.6) is 5.75 Å². The molecule has 1 fully saturated rings. The Morgan fingerprint density at radius 1 is 1.12 bits per heavy atom. The van der Waals surface area contributed by atoms with E-state index in [9.17, 15) is 4.39 Å². The van der Waals surface area contributed by atoms with E-state index in [-0.39, 0.29) is 17.6 Å². The van der Waals surface area contributed by atoms with E-state index in [2.05, 4.69) is 10.2 Å². The topological polar surface area (TPSA) is 24.5 Å². The lowest BCUT2D eigenvalue weighted by Crippen LogP contribution is -2.33. The third-order valence-corrected chi connectivity index (χ3v) is 5.05. The van der Waals surface area contributed by atoms with Gasteiger partial charge in [0.25, 0.3) is 0 Å². The molecule has 1 aliphatic rings. The Labute approximate surface area is 157 Å². The van der Waals surface area contributed by atoms with Crippen LogP contribution >= 0.6 is 23.2 Å². The molecule has 6 heteroatoms. The van der Waals surface area contributed by atoms with Crippen LogP contribution in [0.15, 0.2) is 36.4 Å². The molecule has 1 atom stereocenters. The van der Waals surface area contributed by atoms with E-state index in [0.717, 1.165) is 43.7 Å². The second-order valence-corrected chi connectivity index (χ2v) is 6.95. The number of methoxy groups -OCH3 is 1. The van der Waals surface area contributed by atoms with E-state index in [1.807, 2.05) is 18.2 Å². The largest absolute Gasteiger partial charge is 0.494 e. The van der Waals surface area contributed by atoms with Gasteiger partial charge in [0.15, 0.2) is 11.6 Å². The molecule has 3 rings (SSSR count). The van der Waals surface area contributed by atoms with Gasteiger partial charge in [-0.3, -0.25) is 4.90 Å². The van der Waals surface area contributed by atoms with Crippen molar-refractivity contribution in [1.82, 2.24) is 10.2 Å². The predicted molar refractivity (Wildman–Crippen MR) is 100 cm³/mol. The fourth-order valence-corrected chi connectivity index (χ4v) is 3.80. The lowest BCUT2D eigenvalue weighted by Gasteiger charge is -2.32. The molecule has 2 aromatic carbocycles. The average Bonchev–Trinajstić information content (AvgIpc) is 2.86. The van der Waals surface area contributed by atoms with Gasteiger partial charge in [0.2, 0.25) is 0 Å². The van der Waals surface area contributed by atoms with Crippen LogP contribution < -0.4 is 10.1 Å². The molecule has 0 amide bonds. The molecule has 0 bridgehead atoms. The summed E-state index contributed by atoms with van der Waals surface area (Å²) in [5, 5.41) is 4.58. The van der Waals surface area contributed by atoms with Crippen LogP contribution in [-0.2, 0) is 0 Å². The summed E-state index contributed by atoms with van der Waals surface area (Å²) in [5.74, 6) is -0.134. The Morgan fingerprint density at radius 2 is 1.96 bits per heavy atom. The maximum atomic E-state index is 14.3. The maximum Gasteiger partial charge on any atom is 0.165 e. The van der Waals surface area contributed by atoms with Gasteiger partial charge >= 0.3 is 0 Å². The third kappa shape index (κ3) is 4.26. The molecule has 1 saturated heterocycles. The number of hydrogen-bond acceptors (Lipinski definition) is 3. The summed E-state index contributed by atoms with van der Waals surface area (Å²) < 4.78 is 19.4. The summed E-state index contributed by atoms with van der Waals surface area (Å²) in [7, 11) is 1.46. The van der Waals surface area contributed by atoms with Crippen molar-refractivity contribution in [2.24, 2.45) is 0 Å². The van der Waals surface area contributed by atoms with E-state index < -0.39 is 0 Å². The SMILES string of the molecule is COc1ccc(C(c2ccc(Cl)cc2Cl)N2CCCNCC2)cc1F. The number of ether oxygens (including phenoxy) is 1. The van der Waals surface area contributed by atoms with Crippen molar-refractivity contribution >= 4 is 23.2 Å². The molecule has 0 aliphatic carbocycles. The second kappa shape index (κ2) is 8.37. The van der Waals surface area contributed by atoms with E-state index in [1.54, 1.807) is 12.1 Å². The zero-order chi connectivity index (χ0) is 17.8. The quantitative estimate of drug-likeness (QED) is 0.840. The van der Waals surface area contributed by atoms with Crippen molar-refractivity contribution in [3.05, 3.63) is 63.4 Å². The first-order valence-electron chi connectivity index (χ1n) is 8.33. The van der Waals surface area contributed by atoms with Crippen LogP contribution in [0.25, 0.3) is 0 Å². The zero-order valence-corrected chi connectivity index (χ0v) is 15.6. The fraction of sp³-hybridized carbons (Fsp3) is 0.368. The van der Waals surface area contributed by atoms with Gasteiger partial charge < -0.3 is 10.1 Å². The van der Waals surface area contributed by atoms with Crippen molar-refractivity contribution < 1.29 is 9.13 Å². The van der Waals surface area contributed by atoms with Crippen LogP contribution in [0.3, 0.4) is 0 Å². The van der Waals surface area contributed by atoms with Gasteiger partial charge in [-0.25, -0.2) is 4.39 Å². The fourth-order valence-electron chi connectivity index (χ4n) is 3.29. The molecule has 1 N–H and O–H groups in total. The molecule has 3 nitrogen and oxygen atoms in total. The smallest absolute Gasteiger partial charge is 0.165 e. The summed E-state index contributed by atoms with van der Waals surface area (Å²) in [6, 6.07) is 10.5. The summed E-state index contributed by atoms with van der Waals surface area (Å²) in [6.07, 6.45) is 1.03. The summed E-state index contributed by atoms with van der Waals surface area (Å²) >= 11 is 12.5. The lowest BCUT2D eigenvalue weighted by atomic mass is 9.96. The third-order valence-electron chi connectivity index (χ3n) is 4.49. The minimum atomic E-state index is -0.372. The lowest BCUT2D eigenvalue weighted by molar-refractivity contribution is 0.240. The maximum absolute atomic E-state index is 14.3. The molecule has 0 spiro atoms. The Balaban J connectivity index is 2.06. The first kappa shape index (κ1) is 18.5. The van der Waals surface area contributed by atoms with E-state index >= 15 is 0 Å². The molecular weight excluding hydrogens is 362 g/mol. The van der Waals surface area contributed by atoms with Gasteiger partial charge in [-0.2, -0.15) is 0 Å². The molecule has 1 unspecified atom stereocenters. The van der Waals surface area contributed by atoms with Gasteiger partial charge in [-0.15, -0.1) is 0 Å². The van der Waals surface area contributed by atoms with Gasteiger partial charge in [0, 0.05) is 29.7 Å². The number of rotatable bonds is 4. The normalized spacial score (nSPS) is 17.1. The summed E-state index contributed by atoms with van der Waals surface area (Å²) in [6.45, 7) is 3.64. The molecule has 1 heterocycles. The number of halogens is 3. The minimum absolute atomic E-state index is 0.134. The van der Waals surface area contributed by atoms with Crippen LogP contribution in [0.4, 0.5) is 4.39 Å². The van der Waals surface area contributed by atoms with E-state index in [4.69, 9.17) is 27.9 Å². The van der Waals surface area contributed by atoms with E-state index in [1.165, 1.54) is 13.2 Å². The van der Waals surface area contributed by atoms with Gasteiger partial charge in [-0.1, -0.05) is 35.3 Å². The Bertz CT molecular complexity index is 733. The Hall–Kier alpha value is -1.33. The van der Waals surface area contributed by atoms with Crippen molar-refractivity contribution in [1.29, 1.82) is 0 Å². The summed E-state index contributed by atoms with van der Waals surface area (Å²) in [5.41, 5.74) is 1.78. The minimum Gasteiger partial charge on any atom is -0.494 e. The van der Waals surface area contributed by atoms with Crippen LogP contribution in [0, 0.1) is 5.82 Å². The Morgan fingerprint density at radius 3 is 2.68 bits per heavy atom. The molecular formula is C19H21Cl2FN2O. The highest BCUT2D eigenvalue weighted by molar-refractivity contribution is 6.35. The molecule has 25 heavy (non-hydrogen) atoms. The van der Waals surface area contributed by atoms with Crippen LogP contribution in [0.2, 0.25) is 10.0 Å². The number of nitrogens with zero attached hydrogens (tertiary/aromatic N) is 1. The van der Waals surface area contributed by atoms with Crippen LogP contribution in [0.1, 0.15) is 23.6 Å². The number of nitrogens with one attached hydrogen (secondary N) is 1. The second-order valence-electron chi connectivity index (χ2n) is 6.10. The van der Waals surface area contributed by atoms with Gasteiger partial charge in [-0.05, 0) is 48.4 Å². The number of benzene rings is 2. The Kier molecular flexibility index (Phi) is 6.18. The van der Waals surface area contributed by atoms with Crippen molar-refractivity contribution in [3.63, 3.8) is 0 Å². The molecule has 0 radical (unpaired) electrons. The van der Waals surface area contributed by atoms with Crippen molar-refractivity contribution in [3.8, 4) is 5.75 Å². The molecule has 2 aromatic rings. The highest BCUT2D eigenvalue weighted by Gasteiger charge is 2.26. The van der Waals surface area contributed by atoms with Crippen molar-refractivity contribution in [2.45, 2.75) is 12.5 Å². The highest BCUT2D eigenvalue weighted by atomic mass is 35.5. The summed E-state index contributed by atoms with van der Waals surface area (Å²) in [4.78, 5) is 2.33. The zero-order valence-electron chi connectivity index (χ0n) is 14.1. The molecule has 0 saturated carbocycles. The van der Waals surface area contributed by atoms with E-state index in [0.29, 0.717) is 10.0 Å². The van der Waals surface area contributed by atoms with Gasteiger partial charge in [0.05, 0.1) is 13.2 Å². The van der Waals surface area contributed by atoms with Crippen molar-refractivity contribution in [2.75, 3.05) is 33.3 Å². The first-order chi connectivity index (χ1) is 12.1. The number of hydrogen-bond donors (Lipinski definition) is 1. The van der Waals surface area contributed by atoms with Gasteiger partial charge in [0.1, 0.15) is 0 Å². The first-order valence-corrected chi connectivity index (χ1v) is 9.09. The van der Waals surface area contributed by atoms with Crippen LogP contribution in [-0.4, -0.2) is 38.2 Å². The average molecular weight is 383 g/mol. The molecule has 1 aliphatic heterocycles. The monoisotopic (exact) mass is 382 g/mol. The standard InChI is InChI=1S/C19H21Cl2FN2O/c1-25-18-6-3-13(11-17(18)22)19(24-9-2-7-23-8-10-24)15-5-4-14(20)12-16(15)21/h3-6,11-12,19,23H,2,7-10H2,1H3. The molecule has 134 valence electrons. The molecule has 0 aromatic heterocycles. The highest BCUT2D eigenvalue weighted by Crippen LogP contribution is 2.36. The predicted octanol–water partition coefficient (Wildman–Crippen LogP) is 4.53.